The SMILES string of the molecule is Cc1ccc(S(=O)(=O)CCCC(=O)N(CC2CCCO2)c2nc3ccc(F)cc3s2)cc1. The molecule has 1 amide bonds. The number of fused-ring (bicyclic) bond motifs is 1. The van der Waals surface area contributed by atoms with Crippen molar-refractivity contribution in [1.82, 2.24) is 4.98 Å². The Bertz CT molecular complexity index is 1200. The van der Waals surface area contributed by atoms with Gasteiger partial charge in [0.15, 0.2) is 15.0 Å². The molecule has 1 aliphatic rings. The summed E-state index contributed by atoms with van der Waals surface area (Å²) in [6, 6.07) is 11.0. The molecule has 1 aliphatic heterocycles. The molecule has 0 saturated carbocycles. The van der Waals surface area contributed by atoms with Crippen LogP contribution in [0.3, 0.4) is 0 Å². The van der Waals surface area contributed by atoms with E-state index in [1.165, 1.54) is 23.5 Å². The van der Waals surface area contributed by atoms with Gasteiger partial charge in [0.05, 0.1) is 33.5 Å². The summed E-state index contributed by atoms with van der Waals surface area (Å²) < 4.78 is 45.2. The summed E-state index contributed by atoms with van der Waals surface area (Å²) in [6.45, 7) is 2.91. The van der Waals surface area contributed by atoms with E-state index < -0.39 is 9.84 Å². The van der Waals surface area contributed by atoms with E-state index in [9.17, 15) is 17.6 Å². The molecule has 0 spiro atoms. The maximum Gasteiger partial charge on any atom is 0.228 e. The summed E-state index contributed by atoms with van der Waals surface area (Å²) >= 11 is 1.25. The number of hydrogen-bond donors (Lipinski definition) is 0. The van der Waals surface area contributed by atoms with Crippen molar-refractivity contribution in [1.29, 1.82) is 0 Å². The van der Waals surface area contributed by atoms with E-state index in [-0.39, 0.29) is 41.3 Å². The smallest absolute Gasteiger partial charge is 0.228 e. The Morgan fingerprint density at radius 2 is 2.03 bits per heavy atom. The van der Waals surface area contributed by atoms with Crippen LogP contribution in [0.4, 0.5) is 9.52 Å². The van der Waals surface area contributed by atoms with Gasteiger partial charge in [0, 0.05) is 13.0 Å². The molecule has 1 unspecified atom stereocenters. The van der Waals surface area contributed by atoms with Gasteiger partial charge in [0.1, 0.15) is 5.82 Å². The van der Waals surface area contributed by atoms with Crippen molar-refractivity contribution >= 4 is 42.4 Å². The Kier molecular flexibility index (Phi) is 6.88. The Hall–Kier alpha value is -2.36. The monoisotopic (exact) mass is 476 g/mol. The number of anilines is 1. The molecule has 9 heteroatoms. The standard InChI is InChI=1S/C23H25FN2O4S2/c1-16-6-9-19(10-7-16)32(28,29)13-3-5-22(27)26(15-18-4-2-12-30-18)23-25-20-11-8-17(24)14-21(20)31-23/h6-11,14,18H,2-5,12-13,15H2,1H3. The second kappa shape index (κ2) is 9.64. The Labute approximate surface area is 190 Å². The number of aryl methyl sites for hydroxylation is 1. The van der Waals surface area contributed by atoms with E-state index >= 15 is 0 Å². The van der Waals surface area contributed by atoms with E-state index in [4.69, 9.17) is 4.74 Å². The summed E-state index contributed by atoms with van der Waals surface area (Å²) in [5, 5.41) is 0.479. The minimum absolute atomic E-state index is 0.0715. The molecule has 3 aromatic rings. The minimum atomic E-state index is -3.46. The predicted octanol–water partition coefficient (Wildman–Crippen LogP) is 4.51. The maximum absolute atomic E-state index is 13.6. The molecule has 170 valence electrons. The number of nitrogens with zero attached hydrogens (tertiary/aromatic N) is 2. The average molecular weight is 477 g/mol. The van der Waals surface area contributed by atoms with Gasteiger partial charge < -0.3 is 4.74 Å². The lowest BCUT2D eigenvalue weighted by atomic mass is 10.2. The highest BCUT2D eigenvalue weighted by molar-refractivity contribution is 7.91. The van der Waals surface area contributed by atoms with Gasteiger partial charge in [0.2, 0.25) is 5.91 Å². The molecule has 1 atom stereocenters. The lowest BCUT2D eigenvalue weighted by Crippen LogP contribution is -2.37. The number of benzene rings is 2. The molecule has 1 aromatic heterocycles. The predicted molar refractivity (Wildman–Crippen MR) is 123 cm³/mol. The van der Waals surface area contributed by atoms with Crippen LogP contribution in [0.15, 0.2) is 47.4 Å². The fourth-order valence-corrected chi connectivity index (χ4v) is 6.02. The van der Waals surface area contributed by atoms with E-state index in [2.05, 4.69) is 4.98 Å². The summed E-state index contributed by atoms with van der Waals surface area (Å²) in [7, 11) is -3.46. The first-order valence-corrected chi connectivity index (χ1v) is 13.1. The van der Waals surface area contributed by atoms with E-state index in [1.54, 1.807) is 35.2 Å². The molecule has 0 N–H and O–H groups in total. The van der Waals surface area contributed by atoms with Gasteiger partial charge in [-0.1, -0.05) is 29.0 Å². The van der Waals surface area contributed by atoms with Crippen LogP contribution >= 0.6 is 11.3 Å². The van der Waals surface area contributed by atoms with Gasteiger partial charge >= 0.3 is 0 Å². The molecule has 32 heavy (non-hydrogen) atoms. The number of ether oxygens (including phenoxy) is 1. The third-order valence-electron chi connectivity index (χ3n) is 5.47. The van der Waals surface area contributed by atoms with Gasteiger partial charge in [-0.2, -0.15) is 0 Å². The van der Waals surface area contributed by atoms with Crippen LogP contribution in [0.25, 0.3) is 10.2 Å². The highest BCUT2D eigenvalue weighted by Gasteiger charge is 2.26. The molecule has 1 fully saturated rings. The van der Waals surface area contributed by atoms with Crippen molar-refractivity contribution < 1.29 is 22.3 Å². The molecular formula is C23H25FN2O4S2. The fourth-order valence-electron chi connectivity index (χ4n) is 3.69. The number of rotatable bonds is 8. The topological polar surface area (TPSA) is 76.6 Å². The van der Waals surface area contributed by atoms with E-state index in [1.807, 2.05) is 6.92 Å². The number of carbonyl (C=O) groups excluding carboxylic acids is 1. The third-order valence-corrected chi connectivity index (χ3v) is 8.32. The number of sulfone groups is 1. The van der Waals surface area contributed by atoms with Gasteiger partial charge in [0.25, 0.3) is 0 Å². The van der Waals surface area contributed by atoms with Crippen molar-refractivity contribution in [3.8, 4) is 0 Å². The first-order valence-electron chi connectivity index (χ1n) is 10.6. The Balaban J connectivity index is 1.47. The quantitative estimate of drug-likeness (QED) is 0.478. The highest BCUT2D eigenvalue weighted by Crippen LogP contribution is 2.31. The van der Waals surface area contributed by atoms with E-state index in [0.29, 0.717) is 28.5 Å². The van der Waals surface area contributed by atoms with Crippen LogP contribution in [0, 0.1) is 12.7 Å². The van der Waals surface area contributed by atoms with Crippen LogP contribution in [0.2, 0.25) is 0 Å². The number of halogens is 1. The van der Waals surface area contributed by atoms with Crippen LogP contribution in [-0.4, -0.2) is 44.3 Å². The zero-order valence-corrected chi connectivity index (χ0v) is 19.4. The molecule has 1 saturated heterocycles. The lowest BCUT2D eigenvalue weighted by Gasteiger charge is -2.23. The minimum Gasteiger partial charge on any atom is -0.376 e. The van der Waals surface area contributed by atoms with Gasteiger partial charge in [-0.3, -0.25) is 9.69 Å². The van der Waals surface area contributed by atoms with Gasteiger partial charge in [-0.25, -0.2) is 17.8 Å². The zero-order valence-electron chi connectivity index (χ0n) is 17.8. The molecule has 6 nitrogen and oxygen atoms in total. The highest BCUT2D eigenvalue weighted by atomic mass is 32.2. The van der Waals surface area contributed by atoms with Crippen LogP contribution in [-0.2, 0) is 19.4 Å². The van der Waals surface area contributed by atoms with Crippen LogP contribution < -0.4 is 4.90 Å². The van der Waals surface area contributed by atoms with Crippen molar-refractivity contribution in [3.63, 3.8) is 0 Å². The van der Waals surface area contributed by atoms with Gasteiger partial charge in [-0.05, 0) is 56.5 Å². The van der Waals surface area contributed by atoms with Crippen molar-refractivity contribution in [2.45, 2.75) is 43.6 Å². The third kappa shape index (κ3) is 5.33. The average Bonchev–Trinajstić information content (AvgIpc) is 3.41. The summed E-state index contributed by atoms with van der Waals surface area (Å²) in [4.78, 5) is 19.5. The number of amides is 1. The summed E-state index contributed by atoms with van der Waals surface area (Å²) in [5.41, 5.74) is 1.61. The number of hydrogen-bond acceptors (Lipinski definition) is 6. The van der Waals surface area contributed by atoms with Crippen LogP contribution in [0.5, 0.6) is 0 Å². The Morgan fingerprint density at radius 1 is 1.25 bits per heavy atom. The number of aromatic nitrogens is 1. The molecule has 2 aromatic carbocycles. The lowest BCUT2D eigenvalue weighted by molar-refractivity contribution is -0.119. The maximum atomic E-state index is 13.6. The molecule has 4 rings (SSSR count). The zero-order chi connectivity index (χ0) is 22.7. The fraction of sp³-hybridized carbons (Fsp3) is 0.391. The number of thiazole rings is 1. The van der Waals surface area contributed by atoms with Crippen molar-refractivity contribution in [2.75, 3.05) is 23.8 Å². The molecule has 0 aliphatic carbocycles. The second-order valence-corrected chi connectivity index (χ2v) is 11.1. The first kappa shape index (κ1) is 22.8. The largest absolute Gasteiger partial charge is 0.376 e. The summed E-state index contributed by atoms with van der Waals surface area (Å²) in [6.07, 6.45) is 1.98. The molecule has 2 heterocycles. The molecular weight excluding hydrogens is 451 g/mol. The van der Waals surface area contributed by atoms with Crippen molar-refractivity contribution in [2.24, 2.45) is 0 Å². The van der Waals surface area contributed by atoms with Crippen molar-refractivity contribution in [3.05, 3.63) is 53.8 Å². The summed E-state index contributed by atoms with van der Waals surface area (Å²) in [5.74, 6) is -0.675. The van der Waals surface area contributed by atoms with E-state index in [0.717, 1.165) is 18.4 Å². The second-order valence-electron chi connectivity index (χ2n) is 7.98. The molecule has 0 bridgehead atoms. The van der Waals surface area contributed by atoms with Gasteiger partial charge in [-0.15, -0.1) is 0 Å². The number of carbonyl (C=O) groups is 1. The Morgan fingerprint density at radius 3 is 2.75 bits per heavy atom. The van der Waals surface area contributed by atoms with Crippen LogP contribution in [0.1, 0.15) is 31.2 Å². The normalized spacial score (nSPS) is 16.5. The molecule has 0 radical (unpaired) electrons. The first-order chi connectivity index (χ1) is 15.3.